The van der Waals surface area contributed by atoms with E-state index in [9.17, 15) is 10.2 Å². The van der Waals surface area contributed by atoms with Crippen LogP contribution in [0.4, 0.5) is 0 Å². The van der Waals surface area contributed by atoms with E-state index in [4.69, 9.17) is 14.2 Å². The number of benzene rings is 3. The van der Waals surface area contributed by atoms with Gasteiger partial charge in [-0.15, -0.1) is 0 Å². The largest absolute Gasteiger partial charge is 0.493 e. The lowest BCUT2D eigenvalue weighted by Gasteiger charge is -2.17. The number of allylic oxidation sites excluding steroid dienone is 1. The highest BCUT2D eigenvalue weighted by Crippen LogP contribution is 2.33. The van der Waals surface area contributed by atoms with Crippen molar-refractivity contribution in [1.82, 2.24) is 0 Å². The highest BCUT2D eigenvalue weighted by atomic mass is 16.5. The standard InChI is InChI=1S/C32H40O5/c1-4-5-19-35-22-29(34)23-37-31-17-13-28(14-18-31)32(25(3)26-9-7-6-8-10-26)27-11-15-30(16-12-27)36-21-24(2)20-33/h6-18,24,29,33-34H,4-5,19-23H2,1-3H3/b32-25+. The fourth-order valence-electron chi connectivity index (χ4n) is 3.87. The van der Waals surface area contributed by atoms with Crippen molar-refractivity contribution in [1.29, 1.82) is 0 Å². The first-order valence-corrected chi connectivity index (χ1v) is 13.1. The van der Waals surface area contributed by atoms with E-state index in [1.165, 1.54) is 0 Å². The minimum atomic E-state index is -0.659. The number of unbranched alkanes of at least 4 members (excludes halogenated alkanes) is 1. The summed E-state index contributed by atoms with van der Waals surface area (Å²) in [5, 5.41) is 19.4. The molecule has 198 valence electrons. The van der Waals surface area contributed by atoms with E-state index in [1.54, 1.807) is 0 Å². The summed E-state index contributed by atoms with van der Waals surface area (Å²) in [4.78, 5) is 0. The van der Waals surface area contributed by atoms with Crippen LogP contribution in [0.25, 0.3) is 11.1 Å². The molecule has 0 spiro atoms. The average molecular weight is 505 g/mol. The molecular formula is C32H40O5. The molecule has 37 heavy (non-hydrogen) atoms. The van der Waals surface area contributed by atoms with Crippen LogP contribution in [0.15, 0.2) is 78.9 Å². The van der Waals surface area contributed by atoms with Gasteiger partial charge >= 0.3 is 0 Å². The topological polar surface area (TPSA) is 68.2 Å². The van der Waals surface area contributed by atoms with Gasteiger partial charge in [0.1, 0.15) is 24.2 Å². The molecule has 5 nitrogen and oxygen atoms in total. The van der Waals surface area contributed by atoms with Gasteiger partial charge in [-0.1, -0.05) is 74.9 Å². The Hall–Kier alpha value is -3.12. The van der Waals surface area contributed by atoms with Crippen molar-refractivity contribution in [3.63, 3.8) is 0 Å². The lowest BCUT2D eigenvalue weighted by Crippen LogP contribution is -2.23. The normalized spacial score (nSPS) is 13.5. The van der Waals surface area contributed by atoms with E-state index < -0.39 is 6.10 Å². The molecule has 0 amide bonds. The number of aliphatic hydroxyl groups excluding tert-OH is 2. The zero-order chi connectivity index (χ0) is 26.5. The van der Waals surface area contributed by atoms with Crippen LogP contribution < -0.4 is 9.47 Å². The van der Waals surface area contributed by atoms with Crippen LogP contribution in [0.3, 0.4) is 0 Å². The second-order valence-corrected chi connectivity index (χ2v) is 9.41. The van der Waals surface area contributed by atoms with Crippen LogP contribution in [0, 0.1) is 5.92 Å². The Bertz CT molecular complexity index is 1070. The van der Waals surface area contributed by atoms with Crippen LogP contribution in [0.5, 0.6) is 11.5 Å². The van der Waals surface area contributed by atoms with Crippen molar-refractivity contribution in [2.24, 2.45) is 5.92 Å². The van der Waals surface area contributed by atoms with E-state index in [0.717, 1.165) is 46.4 Å². The third-order valence-corrected chi connectivity index (χ3v) is 6.11. The maximum absolute atomic E-state index is 10.1. The van der Waals surface area contributed by atoms with Gasteiger partial charge < -0.3 is 24.4 Å². The molecule has 3 aromatic carbocycles. The molecule has 0 fully saturated rings. The Balaban J connectivity index is 1.77. The number of ether oxygens (including phenoxy) is 3. The SMILES string of the molecule is CCCCOCC(O)COc1ccc(/C(=C(\C)c2ccccc2)c2ccc(OCC(C)CO)cc2)cc1. The smallest absolute Gasteiger partial charge is 0.119 e. The molecule has 0 radical (unpaired) electrons. The minimum absolute atomic E-state index is 0.0888. The zero-order valence-electron chi connectivity index (χ0n) is 22.2. The summed E-state index contributed by atoms with van der Waals surface area (Å²) in [5.74, 6) is 1.57. The number of hydrogen-bond acceptors (Lipinski definition) is 5. The van der Waals surface area contributed by atoms with Gasteiger partial charge in [-0.2, -0.15) is 0 Å². The first-order valence-electron chi connectivity index (χ1n) is 13.1. The summed E-state index contributed by atoms with van der Waals surface area (Å²) in [7, 11) is 0. The third kappa shape index (κ3) is 9.04. The molecule has 0 aromatic heterocycles. The summed E-state index contributed by atoms with van der Waals surface area (Å²) >= 11 is 0. The van der Waals surface area contributed by atoms with Crippen molar-refractivity contribution in [2.45, 2.75) is 39.7 Å². The monoisotopic (exact) mass is 504 g/mol. The van der Waals surface area contributed by atoms with E-state index in [1.807, 2.05) is 49.4 Å². The lowest BCUT2D eigenvalue weighted by atomic mass is 9.90. The molecule has 0 aliphatic rings. The van der Waals surface area contributed by atoms with Gasteiger partial charge in [0.15, 0.2) is 0 Å². The maximum atomic E-state index is 10.1. The highest BCUT2D eigenvalue weighted by Gasteiger charge is 2.13. The van der Waals surface area contributed by atoms with Gasteiger partial charge in [0.25, 0.3) is 0 Å². The molecule has 0 aliphatic heterocycles. The number of aliphatic hydroxyl groups is 2. The van der Waals surface area contributed by atoms with Crippen LogP contribution in [0.2, 0.25) is 0 Å². The molecule has 2 atom stereocenters. The molecule has 3 aromatic rings. The van der Waals surface area contributed by atoms with Crippen LogP contribution in [-0.4, -0.2) is 49.4 Å². The summed E-state index contributed by atoms with van der Waals surface area (Å²) < 4.78 is 17.1. The van der Waals surface area contributed by atoms with E-state index in [2.05, 4.69) is 50.2 Å². The van der Waals surface area contributed by atoms with Crippen LogP contribution in [0.1, 0.15) is 50.3 Å². The molecule has 0 heterocycles. The van der Waals surface area contributed by atoms with E-state index >= 15 is 0 Å². The first-order chi connectivity index (χ1) is 18.0. The van der Waals surface area contributed by atoms with Crippen LogP contribution >= 0.6 is 0 Å². The predicted octanol–water partition coefficient (Wildman–Crippen LogP) is 6.23. The molecule has 0 saturated heterocycles. The van der Waals surface area contributed by atoms with E-state index in [-0.39, 0.29) is 25.7 Å². The van der Waals surface area contributed by atoms with Crippen molar-refractivity contribution >= 4 is 11.1 Å². The molecule has 5 heteroatoms. The Morgan fingerprint density at radius 1 is 0.757 bits per heavy atom. The van der Waals surface area contributed by atoms with Gasteiger partial charge in [0, 0.05) is 19.1 Å². The Kier molecular flexibility index (Phi) is 11.7. The number of hydrogen-bond donors (Lipinski definition) is 2. The van der Waals surface area contributed by atoms with Gasteiger partial charge in [-0.05, 0) is 65.4 Å². The fourth-order valence-corrected chi connectivity index (χ4v) is 3.87. The van der Waals surface area contributed by atoms with Crippen molar-refractivity contribution in [2.75, 3.05) is 33.0 Å². The van der Waals surface area contributed by atoms with Gasteiger partial charge in [0.05, 0.1) is 13.2 Å². The van der Waals surface area contributed by atoms with Crippen LogP contribution in [-0.2, 0) is 4.74 Å². The summed E-state index contributed by atoms with van der Waals surface area (Å²) in [6, 6.07) is 26.4. The summed E-state index contributed by atoms with van der Waals surface area (Å²) in [6.45, 7) is 7.90. The second-order valence-electron chi connectivity index (χ2n) is 9.41. The Morgan fingerprint density at radius 2 is 1.32 bits per heavy atom. The Labute approximate surface area is 221 Å². The van der Waals surface area contributed by atoms with E-state index in [0.29, 0.717) is 19.0 Å². The molecule has 2 N–H and O–H groups in total. The van der Waals surface area contributed by atoms with Crippen molar-refractivity contribution < 1.29 is 24.4 Å². The van der Waals surface area contributed by atoms with Gasteiger partial charge in [-0.25, -0.2) is 0 Å². The van der Waals surface area contributed by atoms with Gasteiger partial charge in [0.2, 0.25) is 0 Å². The molecule has 0 bridgehead atoms. The molecule has 2 unspecified atom stereocenters. The summed E-state index contributed by atoms with van der Waals surface area (Å²) in [5.41, 5.74) is 5.59. The average Bonchev–Trinajstić information content (AvgIpc) is 2.94. The fraction of sp³-hybridized carbons (Fsp3) is 0.375. The second kappa shape index (κ2) is 15.2. The molecule has 3 rings (SSSR count). The predicted molar refractivity (Wildman–Crippen MR) is 150 cm³/mol. The third-order valence-electron chi connectivity index (χ3n) is 6.11. The minimum Gasteiger partial charge on any atom is -0.493 e. The number of rotatable bonds is 15. The molecule has 0 saturated carbocycles. The van der Waals surface area contributed by atoms with Gasteiger partial charge in [-0.3, -0.25) is 0 Å². The van der Waals surface area contributed by atoms with Crippen molar-refractivity contribution in [3.05, 3.63) is 95.6 Å². The lowest BCUT2D eigenvalue weighted by molar-refractivity contribution is 0.0113. The first kappa shape index (κ1) is 28.5. The highest BCUT2D eigenvalue weighted by molar-refractivity contribution is 5.98. The van der Waals surface area contributed by atoms with Crippen molar-refractivity contribution in [3.8, 4) is 11.5 Å². The quantitative estimate of drug-likeness (QED) is 0.190. The molecule has 0 aliphatic carbocycles. The zero-order valence-corrected chi connectivity index (χ0v) is 22.2. The summed E-state index contributed by atoms with van der Waals surface area (Å²) in [6.07, 6.45) is 1.40. The Morgan fingerprint density at radius 3 is 1.86 bits per heavy atom. The maximum Gasteiger partial charge on any atom is 0.119 e. The molecular weight excluding hydrogens is 464 g/mol.